The van der Waals surface area contributed by atoms with Crippen LogP contribution in [-0.4, -0.2) is 0 Å². The molecule has 0 aromatic heterocycles. The lowest BCUT2D eigenvalue weighted by Crippen LogP contribution is -2.15. The van der Waals surface area contributed by atoms with Crippen LogP contribution in [0.4, 0.5) is 8.78 Å². The monoisotopic (exact) mass is 345 g/mol. The maximum Gasteiger partial charge on any atom is 0.127 e. The number of halogens is 4. The van der Waals surface area contributed by atoms with Crippen LogP contribution in [0.1, 0.15) is 17.2 Å². The zero-order valence-corrected chi connectivity index (χ0v) is 12.2. The fourth-order valence-electron chi connectivity index (χ4n) is 1.83. The SMILES string of the molecule is NC(Cc1ccc(Cl)cc1F)c1cc(F)ccc1Br. The van der Waals surface area contributed by atoms with Crippen molar-refractivity contribution in [2.75, 3.05) is 0 Å². The van der Waals surface area contributed by atoms with Crippen molar-refractivity contribution in [3.8, 4) is 0 Å². The van der Waals surface area contributed by atoms with E-state index in [1.807, 2.05) is 0 Å². The van der Waals surface area contributed by atoms with Gasteiger partial charge in [-0.25, -0.2) is 8.78 Å². The molecule has 0 aliphatic carbocycles. The molecule has 0 bridgehead atoms. The minimum atomic E-state index is -0.499. The molecule has 0 saturated heterocycles. The standard InChI is InChI=1S/C14H11BrClF2N/c15-12-4-3-10(17)7-11(12)14(19)5-8-1-2-9(16)6-13(8)18/h1-4,6-7,14H,5,19H2. The van der Waals surface area contributed by atoms with Crippen molar-refractivity contribution in [2.45, 2.75) is 12.5 Å². The summed E-state index contributed by atoms with van der Waals surface area (Å²) in [6.45, 7) is 0. The maximum atomic E-state index is 13.7. The fourth-order valence-corrected chi connectivity index (χ4v) is 2.53. The van der Waals surface area contributed by atoms with Crippen LogP contribution in [0, 0.1) is 11.6 Å². The van der Waals surface area contributed by atoms with Gasteiger partial charge in [0.2, 0.25) is 0 Å². The van der Waals surface area contributed by atoms with E-state index >= 15 is 0 Å². The minimum Gasteiger partial charge on any atom is -0.324 e. The number of hydrogen-bond donors (Lipinski definition) is 1. The molecule has 1 unspecified atom stereocenters. The predicted molar refractivity (Wildman–Crippen MR) is 76.1 cm³/mol. The number of nitrogens with two attached hydrogens (primary N) is 1. The summed E-state index contributed by atoms with van der Waals surface area (Å²) in [6.07, 6.45) is 0.269. The summed E-state index contributed by atoms with van der Waals surface area (Å²) in [5, 5.41) is 0.335. The summed E-state index contributed by atoms with van der Waals surface area (Å²) in [7, 11) is 0. The van der Waals surface area contributed by atoms with Gasteiger partial charge in [0.05, 0.1) is 0 Å². The van der Waals surface area contributed by atoms with E-state index in [4.69, 9.17) is 17.3 Å². The van der Waals surface area contributed by atoms with E-state index in [0.29, 0.717) is 20.6 Å². The van der Waals surface area contributed by atoms with Gasteiger partial charge in [0.25, 0.3) is 0 Å². The second-order valence-corrected chi connectivity index (χ2v) is 5.50. The third-order valence-electron chi connectivity index (χ3n) is 2.81. The van der Waals surface area contributed by atoms with Crippen LogP contribution in [0.5, 0.6) is 0 Å². The molecule has 0 spiro atoms. The minimum absolute atomic E-state index is 0.269. The Kier molecular flexibility index (Phi) is 4.55. The quantitative estimate of drug-likeness (QED) is 0.862. The lowest BCUT2D eigenvalue weighted by atomic mass is 9.99. The molecule has 2 N–H and O–H groups in total. The second-order valence-electron chi connectivity index (χ2n) is 4.21. The van der Waals surface area contributed by atoms with Gasteiger partial charge < -0.3 is 5.73 Å². The van der Waals surface area contributed by atoms with Crippen LogP contribution < -0.4 is 5.73 Å². The highest BCUT2D eigenvalue weighted by Crippen LogP contribution is 2.26. The molecule has 0 radical (unpaired) electrons. The van der Waals surface area contributed by atoms with Crippen molar-refractivity contribution >= 4 is 27.5 Å². The molecular formula is C14H11BrClF2N. The Balaban J connectivity index is 2.25. The highest BCUT2D eigenvalue weighted by atomic mass is 79.9. The summed E-state index contributed by atoms with van der Waals surface area (Å²) in [4.78, 5) is 0. The van der Waals surface area contributed by atoms with Crippen LogP contribution in [-0.2, 0) is 6.42 Å². The smallest absolute Gasteiger partial charge is 0.127 e. The van der Waals surface area contributed by atoms with Gasteiger partial charge in [-0.1, -0.05) is 33.6 Å². The zero-order valence-electron chi connectivity index (χ0n) is 9.84. The fraction of sp³-hybridized carbons (Fsp3) is 0.143. The Morgan fingerprint density at radius 1 is 1.16 bits per heavy atom. The molecule has 100 valence electrons. The molecule has 2 rings (SSSR count). The summed E-state index contributed by atoms with van der Waals surface area (Å²) < 4.78 is 27.6. The van der Waals surface area contributed by atoms with Gasteiger partial charge in [-0.3, -0.25) is 0 Å². The maximum absolute atomic E-state index is 13.7. The van der Waals surface area contributed by atoms with Crippen molar-refractivity contribution in [3.05, 3.63) is 68.7 Å². The molecule has 0 amide bonds. The Morgan fingerprint density at radius 3 is 2.58 bits per heavy atom. The van der Waals surface area contributed by atoms with Crippen LogP contribution in [0.15, 0.2) is 40.9 Å². The van der Waals surface area contributed by atoms with E-state index in [0.717, 1.165) is 0 Å². The lowest BCUT2D eigenvalue weighted by Gasteiger charge is -2.14. The molecule has 19 heavy (non-hydrogen) atoms. The van der Waals surface area contributed by atoms with E-state index < -0.39 is 11.9 Å². The molecule has 5 heteroatoms. The van der Waals surface area contributed by atoms with Gasteiger partial charge in [-0.15, -0.1) is 0 Å². The Bertz CT molecular complexity index is 604. The number of hydrogen-bond acceptors (Lipinski definition) is 1. The third-order valence-corrected chi connectivity index (χ3v) is 3.77. The second kappa shape index (κ2) is 5.99. The molecule has 0 saturated carbocycles. The van der Waals surface area contributed by atoms with Crippen LogP contribution in [0.2, 0.25) is 5.02 Å². The first-order valence-corrected chi connectivity index (χ1v) is 6.79. The molecule has 0 heterocycles. The van der Waals surface area contributed by atoms with Crippen LogP contribution in [0.3, 0.4) is 0 Å². The molecule has 0 aliphatic heterocycles. The average Bonchev–Trinajstić information content (AvgIpc) is 2.35. The van der Waals surface area contributed by atoms with E-state index in [9.17, 15) is 8.78 Å². The lowest BCUT2D eigenvalue weighted by molar-refractivity contribution is 0.588. The molecule has 0 aliphatic rings. The molecule has 2 aromatic carbocycles. The van der Waals surface area contributed by atoms with Crippen LogP contribution in [0.25, 0.3) is 0 Å². The molecule has 1 nitrogen and oxygen atoms in total. The Morgan fingerprint density at radius 2 is 1.89 bits per heavy atom. The van der Waals surface area contributed by atoms with Gasteiger partial charge in [0.15, 0.2) is 0 Å². The van der Waals surface area contributed by atoms with Gasteiger partial charge in [0, 0.05) is 15.5 Å². The summed E-state index contributed by atoms with van der Waals surface area (Å²) in [5.74, 6) is -0.777. The highest BCUT2D eigenvalue weighted by Gasteiger charge is 2.14. The van der Waals surface area contributed by atoms with E-state index in [2.05, 4.69) is 15.9 Å². The zero-order chi connectivity index (χ0) is 14.0. The van der Waals surface area contributed by atoms with E-state index in [1.165, 1.54) is 18.2 Å². The Hall–Kier alpha value is -0.970. The third kappa shape index (κ3) is 3.53. The first-order chi connectivity index (χ1) is 8.97. The van der Waals surface area contributed by atoms with E-state index in [1.54, 1.807) is 18.2 Å². The van der Waals surface area contributed by atoms with Crippen LogP contribution >= 0.6 is 27.5 Å². The van der Waals surface area contributed by atoms with Gasteiger partial charge in [-0.2, -0.15) is 0 Å². The van der Waals surface area contributed by atoms with E-state index in [-0.39, 0.29) is 12.2 Å². The van der Waals surface area contributed by atoms with Gasteiger partial charge in [0.1, 0.15) is 11.6 Å². The van der Waals surface area contributed by atoms with Gasteiger partial charge >= 0.3 is 0 Å². The highest BCUT2D eigenvalue weighted by molar-refractivity contribution is 9.10. The molecule has 1 atom stereocenters. The average molecular weight is 347 g/mol. The number of rotatable bonds is 3. The summed E-state index contributed by atoms with van der Waals surface area (Å²) in [6, 6.07) is 8.21. The molecular weight excluding hydrogens is 336 g/mol. The van der Waals surface area contributed by atoms with Crippen molar-refractivity contribution in [3.63, 3.8) is 0 Å². The molecule has 0 fully saturated rings. The number of benzene rings is 2. The topological polar surface area (TPSA) is 26.0 Å². The van der Waals surface area contributed by atoms with Gasteiger partial charge in [-0.05, 0) is 47.9 Å². The van der Waals surface area contributed by atoms with Crippen molar-refractivity contribution in [1.82, 2.24) is 0 Å². The van der Waals surface area contributed by atoms with Crippen molar-refractivity contribution in [2.24, 2.45) is 5.73 Å². The Labute approximate surface area is 123 Å². The largest absolute Gasteiger partial charge is 0.324 e. The van der Waals surface area contributed by atoms with Crippen molar-refractivity contribution < 1.29 is 8.78 Å². The first kappa shape index (κ1) is 14.4. The first-order valence-electron chi connectivity index (χ1n) is 5.62. The summed E-state index contributed by atoms with van der Waals surface area (Å²) >= 11 is 9.00. The predicted octanol–water partition coefficient (Wildman–Crippen LogP) is 4.62. The summed E-state index contributed by atoms with van der Waals surface area (Å²) in [5.41, 5.74) is 7.07. The normalized spacial score (nSPS) is 12.5. The van der Waals surface area contributed by atoms with Crippen molar-refractivity contribution in [1.29, 1.82) is 0 Å². The molecule has 2 aromatic rings.